The molecule has 114 valence electrons. The average molecular weight is 394 g/mol. The van der Waals surface area contributed by atoms with Crippen molar-refractivity contribution in [1.82, 2.24) is 14.7 Å². The van der Waals surface area contributed by atoms with Crippen LogP contribution < -0.4 is 5.32 Å². The summed E-state index contributed by atoms with van der Waals surface area (Å²) in [6, 6.07) is 6.44. The van der Waals surface area contributed by atoms with Crippen molar-refractivity contribution < 1.29 is 0 Å². The van der Waals surface area contributed by atoms with Crippen molar-refractivity contribution >= 4 is 44.7 Å². The van der Waals surface area contributed by atoms with Gasteiger partial charge in [-0.3, -0.25) is 0 Å². The Bertz CT molecular complexity index is 785. The molecule has 0 saturated carbocycles. The molecular formula is C16H16BrN3S2. The first-order valence-corrected chi connectivity index (χ1v) is 10.1. The third-order valence-electron chi connectivity index (χ3n) is 3.76. The van der Waals surface area contributed by atoms with Gasteiger partial charge in [0.05, 0.1) is 5.69 Å². The minimum atomic E-state index is 0.802. The standard InChI is InChI=1S/C16H16BrN3S2/c17-12-1-3-20-9-13(19-16(20)6-12)7-18-8-14-5-11-10-21-4-2-15(11)22-14/h1,3,5-6,9,18H,2,4,7-8,10H2. The summed E-state index contributed by atoms with van der Waals surface area (Å²) in [5.74, 6) is 2.46. The van der Waals surface area contributed by atoms with E-state index in [2.05, 4.69) is 42.9 Å². The summed E-state index contributed by atoms with van der Waals surface area (Å²) >= 11 is 7.50. The molecule has 0 aliphatic carbocycles. The van der Waals surface area contributed by atoms with Crippen molar-refractivity contribution in [2.45, 2.75) is 25.3 Å². The normalized spacial score (nSPS) is 14.4. The van der Waals surface area contributed by atoms with Crippen molar-refractivity contribution in [3.63, 3.8) is 0 Å². The summed E-state index contributed by atoms with van der Waals surface area (Å²) in [5.41, 5.74) is 3.61. The lowest BCUT2D eigenvalue weighted by Gasteiger charge is -2.08. The lowest BCUT2D eigenvalue weighted by atomic mass is 10.2. The molecule has 1 N–H and O–H groups in total. The Labute approximate surface area is 146 Å². The minimum Gasteiger partial charge on any atom is -0.307 e. The zero-order valence-corrected chi connectivity index (χ0v) is 15.2. The number of halogens is 1. The molecule has 0 radical (unpaired) electrons. The maximum Gasteiger partial charge on any atom is 0.138 e. The van der Waals surface area contributed by atoms with E-state index < -0.39 is 0 Å². The molecule has 0 spiro atoms. The highest BCUT2D eigenvalue weighted by atomic mass is 79.9. The lowest BCUT2D eigenvalue weighted by Crippen LogP contribution is -2.11. The van der Waals surface area contributed by atoms with Crippen LogP contribution in [0.5, 0.6) is 0 Å². The monoisotopic (exact) mass is 393 g/mol. The Kier molecular flexibility index (Phi) is 4.26. The van der Waals surface area contributed by atoms with E-state index in [1.54, 1.807) is 10.4 Å². The molecule has 22 heavy (non-hydrogen) atoms. The molecule has 3 aromatic heterocycles. The predicted molar refractivity (Wildman–Crippen MR) is 97.6 cm³/mol. The maximum absolute atomic E-state index is 4.64. The second-order valence-corrected chi connectivity index (χ2v) is 8.65. The summed E-state index contributed by atoms with van der Waals surface area (Å²) in [6.07, 6.45) is 5.36. The Morgan fingerprint density at radius 2 is 2.27 bits per heavy atom. The number of hydrogen-bond acceptors (Lipinski definition) is 4. The van der Waals surface area contributed by atoms with Gasteiger partial charge >= 0.3 is 0 Å². The molecular weight excluding hydrogens is 378 g/mol. The Balaban J connectivity index is 1.40. The first kappa shape index (κ1) is 14.8. The van der Waals surface area contributed by atoms with Gasteiger partial charge in [-0.2, -0.15) is 11.8 Å². The van der Waals surface area contributed by atoms with Crippen LogP contribution in [0.3, 0.4) is 0 Å². The molecule has 6 heteroatoms. The number of nitrogens with zero attached hydrogens (tertiary/aromatic N) is 2. The van der Waals surface area contributed by atoms with E-state index >= 15 is 0 Å². The Morgan fingerprint density at radius 1 is 1.32 bits per heavy atom. The van der Waals surface area contributed by atoms with Gasteiger partial charge in [-0.15, -0.1) is 11.3 Å². The van der Waals surface area contributed by atoms with Gasteiger partial charge < -0.3 is 9.72 Å². The fourth-order valence-electron chi connectivity index (χ4n) is 2.70. The van der Waals surface area contributed by atoms with Crippen LogP contribution in [0.2, 0.25) is 0 Å². The number of imidazole rings is 1. The number of nitrogens with one attached hydrogen (secondary N) is 1. The zero-order valence-electron chi connectivity index (χ0n) is 12.0. The summed E-state index contributed by atoms with van der Waals surface area (Å²) in [7, 11) is 0. The van der Waals surface area contributed by atoms with Crippen molar-refractivity contribution in [2.24, 2.45) is 0 Å². The van der Waals surface area contributed by atoms with Crippen LogP contribution in [0.1, 0.15) is 21.0 Å². The smallest absolute Gasteiger partial charge is 0.138 e. The van der Waals surface area contributed by atoms with Gasteiger partial charge in [-0.1, -0.05) is 15.9 Å². The third-order valence-corrected chi connectivity index (χ3v) is 6.49. The molecule has 4 rings (SSSR count). The van der Waals surface area contributed by atoms with Gasteiger partial charge in [0.25, 0.3) is 0 Å². The van der Waals surface area contributed by atoms with Crippen molar-refractivity contribution in [3.8, 4) is 0 Å². The van der Waals surface area contributed by atoms with Gasteiger partial charge in [-0.05, 0) is 35.9 Å². The third kappa shape index (κ3) is 3.11. The maximum atomic E-state index is 4.64. The van der Waals surface area contributed by atoms with Gasteiger partial charge in [0, 0.05) is 45.5 Å². The Morgan fingerprint density at radius 3 is 3.18 bits per heavy atom. The number of thioether (sulfide) groups is 1. The molecule has 0 saturated heterocycles. The van der Waals surface area contributed by atoms with Crippen LogP contribution in [-0.4, -0.2) is 15.1 Å². The van der Waals surface area contributed by atoms with E-state index in [1.165, 1.54) is 22.8 Å². The van der Waals surface area contributed by atoms with Crippen molar-refractivity contribution in [3.05, 3.63) is 56.1 Å². The van der Waals surface area contributed by atoms with E-state index in [-0.39, 0.29) is 0 Å². The fourth-order valence-corrected chi connectivity index (χ4v) is 5.38. The van der Waals surface area contributed by atoms with Crippen LogP contribution in [0.15, 0.2) is 35.1 Å². The highest BCUT2D eigenvalue weighted by Gasteiger charge is 2.13. The van der Waals surface area contributed by atoms with Crippen LogP contribution in [-0.2, 0) is 25.3 Å². The molecule has 0 aromatic carbocycles. The molecule has 4 heterocycles. The van der Waals surface area contributed by atoms with Crippen LogP contribution in [0, 0.1) is 0 Å². The molecule has 0 amide bonds. The number of aryl methyl sites for hydroxylation is 1. The summed E-state index contributed by atoms with van der Waals surface area (Å²) in [5, 5.41) is 3.52. The number of aromatic nitrogens is 2. The number of pyridine rings is 1. The summed E-state index contributed by atoms with van der Waals surface area (Å²) in [6.45, 7) is 1.73. The number of hydrogen-bond donors (Lipinski definition) is 1. The molecule has 1 aliphatic heterocycles. The van der Waals surface area contributed by atoms with Crippen molar-refractivity contribution in [1.29, 1.82) is 0 Å². The van der Waals surface area contributed by atoms with E-state index in [0.29, 0.717) is 0 Å². The second-order valence-electron chi connectivity index (χ2n) is 5.41. The van der Waals surface area contributed by atoms with Gasteiger partial charge in [0.1, 0.15) is 5.65 Å². The summed E-state index contributed by atoms with van der Waals surface area (Å²) in [4.78, 5) is 7.67. The Hall–Kier alpha value is -0.820. The highest BCUT2D eigenvalue weighted by molar-refractivity contribution is 9.10. The molecule has 0 bridgehead atoms. The van der Waals surface area contributed by atoms with Gasteiger partial charge in [-0.25, -0.2) is 4.98 Å². The highest BCUT2D eigenvalue weighted by Crippen LogP contribution is 2.31. The van der Waals surface area contributed by atoms with Gasteiger partial charge in [0.2, 0.25) is 0 Å². The fraction of sp³-hybridized carbons (Fsp3) is 0.312. The van der Waals surface area contributed by atoms with Crippen LogP contribution >= 0.6 is 39.0 Å². The zero-order chi connectivity index (χ0) is 14.9. The molecule has 0 atom stereocenters. The molecule has 0 fully saturated rings. The molecule has 1 aliphatic rings. The van der Waals surface area contributed by atoms with Gasteiger partial charge in [0.15, 0.2) is 0 Å². The van der Waals surface area contributed by atoms with E-state index in [1.807, 2.05) is 41.4 Å². The topological polar surface area (TPSA) is 29.3 Å². The SMILES string of the molecule is Brc1ccn2cc(CNCc3cc4c(s3)CCSC4)nc2c1. The number of fused-ring (bicyclic) bond motifs is 2. The first-order valence-electron chi connectivity index (χ1n) is 7.30. The largest absolute Gasteiger partial charge is 0.307 e. The quantitative estimate of drug-likeness (QED) is 0.718. The summed E-state index contributed by atoms with van der Waals surface area (Å²) < 4.78 is 3.12. The second kappa shape index (κ2) is 6.35. The minimum absolute atomic E-state index is 0.802. The lowest BCUT2D eigenvalue weighted by molar-refractivity contribution is 0.689. The number of thiophene rings is 1. The van der Waals surface area contributed by atoms with E-state index in [9.17, 15) is 0 Å². The predicted octanol–water partition coefficient (Wildman–Crippen LogP) is 4.24. The molecule has 3 aromatic rings. The molecule has 3 nitrogen and oxygen atoms in total. The van der Waals surface area contributed by atoms with Crippen LogP contribution in [0.25, 0.3) is 5.65 Å². The van der Waals surface area contributed by atoms with E-state index in [0.717, 1.165) is 28.9 Å². The molecule has 0 unspecified atom stereocenters. The van der Waals surface area contributed by atoms with Crippen LogP contribution in [0.4, 0.5) is 0 Å². The number of rotatable bonds is 4. The average Bonchev–Trinajstić information content (AvgIpc) is 3.09. The first-order chi connectivity index (χ1) is 10.8. The van der Waals surface area contributed by atoms with E-state index in [4.69, 9.17) is 0 Å². The van der Waals surface area contributed by atoms with Crippen molar-refractivity contribution in [2.75, 3.05) is 5.75 Å².